The van der Waals surface area contributed by atoms with Gasteiger partial charge < -0.3 is 0 Å². The van der Waals surface area contributed by atoms with E-state index in [0.717, 1.165) is 16.7 Å². The second-order valence-electron chi connectivity index (χ2n) is 2.65. The van der Waals surface area contributed by atoms with Gasteiger partial charge in [-0.05, 0) is 0 Å². The molecule has 0 saturated heterocycles. The summed E-state index contributed by atoms with van der Waals surface area (Å²) in [4.78, 5) is 0. The molecule has 0 aliphatic heterocycles. The standard InChI is InChI=1S/C10H8O2Te/c1-11-7-2-3-8-9(6-7)12-5-4-10(8)13/h2-6H,1H3. The van der Waals surface area contributed by atoms with E-state index in [9.17, 15) is 0 Å². The molecule has 0 bridgehead atoms. The molecule has 0 fully saturated rings. The second-order valence-corrected chi connectivity index (χ2v) is 3.90. The fraction of sp³-hybridized carbons (Fsp3) is 0.100. The van der Waals surface area contributed by atoms with Crippen LogP contribution in [0.2, 0.25) is 0 Å². The van der Waals surface area contributed by atoms with Crippen LogP contribution >= 0.6 is 0 Å². The van der Waals surface area contributed by atoms with Gasteiger partial charge in [0.25, 0.3) is 0 Å². The predicted molar refractivity (Wildman–Crippen MR) is 51.8 cm³/mol. The zero-order valence-electron chi connectivity index (χ0n) is 7.11. The van der Waals surface area contributed by atoms with E-state index in [1.54, 1.807) is 13.4 Å². The van der Waals surface area contributed by atoms with Crippen LogP contribution in [0.25, 0.3) is 11.0 Å². The molecule has 2 rings (SSSR count). The summed E-state index contributed by atoms with van der Waals surface area (Å²) in [5.41, 5.74) is 0.863. The molecule has 0 atom stereocenters. The molecule has 0 amide bonds. The molecular formula is C10H8O2Te. The van der Waals surface area contributed by atoms with Crippen LogP contribution in [-0.4, -0.2) is 28.9 Å². The molecular weight excluding hydrogens is 280 g/mol. The molecule has 66 valence electrons. The van der Waals surface area contributed by atoms with E-state index in [0.29, 0.717) is 0 Å². The average Bonchev–Trinajstić information content (AvgIpc) is 2.18. The Balaban J connectivity index is 2.80. The summed E-state index contributed by atoms with van der Waals surface area (Å²) in [6.07, 6.45) is 1.69. The molecule has 0 spiro atoms. The van der Waals surface area contributed by atoms with Gasteiger partial charge in [0.2, 0.25) is 0 Å². The monoisotopic (exact) mass is 290 g/mol. The topological polar surface area (TPSA) is 22.4 Å². The molecule has 0 unspecified atom stereocenters. The Kier molecular flexibility index (Phi) is 2.39. The first-order chi connectivity index (χ1) is 6.31. The SMILES string of the molecule is COc1ccc2c(=[Te])ccoc2c1. The van der Waals surface area contributed by atoms with Crippen molar-refractivity contribution >= 4 is 32.8 Å². The maximum atomic E-state index is 5.36. The third-order valence-corrected chi connectivity index (χ3v) is 2.88. The zero-order chi connectivity index (χ0) is 9.26. The number of benzene rings is 1. The van der Waals surface area contributed by atoms with Gasteiger partial charge in [0, 0.05) is 0 Å². The number of hydrogen-bond acceptors (Lipinski definition) is 2. The summed E-state index contributed by atoms with van der Waals surface area (Å²) in [6, 6.07) is 7.80. The van der Waals surface area contributed by atoms with E-state index in [1.807, 2.05) is 46.1 Å². The summed E-state index contributed by atoms with van der Waals surface area (Å²) < 4.78 is 11.7. The van der Waals surface area contributed by atoms with Crippen molar-refractivity contribution in [3.05, 3.63) is 33.7 Å². The van der Waals surface area contributed by atoms with Gasteiger partial charge in [-0.2, -0.15) is 0 Å². The van der Waals surface area contributed by atoms with Gasteiger partial charge in [-0.1, -0.05) is 0 Å². The molecule has 0 radical (unpaired) electrons. The molecule has 0 aliphatic rings. The first-order valence-corrected chi connectivity index (χ1v) is 5.03. The van der Waals surface area contributed by atoms with Crippen LogP contribution in [-0.2, 0) is 0 Å². The van der Waals surface area contributed by atoms with E-state index in [1.165, 1.54) is 3.20 Å². The molecule has 1 aromatic carbocycles. The van der Waals surface area contributed by atoms with Crippen molar-refractivity contribution in [1.82, 2.24) is 0 Å². The van der Waals surface area contributed by atoms with Crippen LogP contribution in [0, 0.1) is 3.20 Å². The van der Waals surface area contributed by atoms with Gasteiger partial charge in [0.05, 0.1) is 0 Å². The predicted octanol–water partition coefficient (Wildman–Crippen LogP) is 2.14. The molecule has 13 heavy (non-hydrogen) atoms. The summed E-state index contributed by atoms with van der Waals surface area (Å²) >= 11 is 1.99. The van der Waals surface area contributed by atoms with E-state index >= 15 is 0 Å². The van der Waals surface area contributed by atoms with Gasteiger partial charge >= 0.3 is 88.5 Å². The van der Waals surface area contributed by atoms with Crippen molar-refractivity contribution in [2.45, 2.75) is 0 Å². The fourth-order valence-corrected chi connectivity index (χ4v) is 1.83. The second kappa shape index (κ2) is 3.53. The van der Waals surface area contributed by atoms with Gasteiger partial charge in [0.1, 0.15) is 0 Å². The first-order valence-electron chi connectivity index (χ1n) is 3.87. The van der Waals surface area contributed by atoms with Crippen molar-refractivity contribution in [2.75, 3.05) is 7.11 Å². The quantitative estimate of drug-likeness (QED) is 0.750. The summed E-state index contributed by atoms with van der Waals surface area (Å²) in [6.45, 7) is 0. The van der Waals surface area contributed by atoms with Crippen LogP contribution in [0.15, 0.2) is 34.9 Å². The van der Waals surface area contributed by atoms with Crippen molar-refractivity contribution in [3.8, 4) is 5.75 Å². The van der Waals surface area contributed by atoms with Gasteiger partial charge in [0.15, 0.2) is 0 Å². The van der Waals surface area contributed by atoms with Gasteiger partial charge in [-0.3, -0.25) is 0 Å². The van der Waals surface area contributed by atoms with Gasteiger partial charge in [-0.15, -0.1) is 0 Å². The number of hydrogen-bond donors (Lipinski definition) is 0. The normalized spacial score (nSPS) is 10.2. The Bertz CT molecular complexity index is 487. The maximum absolute atomic E-state index is 5.36. The molecule has 2 aromatic rings. The number of ether oxygens (including phenoxy) is 1. The van der Waals surface area contributed by atoms with E-state index in [4.69, 9.17) is 9.15 Å². The van der Waals surface area contributed by atoms with E-state index < -0.39 is 0 Å². The van der Waals surface area contributed by atoms with Crippen molar-refractivity contribution in [2.24, 2.45) is 0 Å². The van der Waals surface area contributed by atoms with E-state index in [-0.39, 0.29) is 0 Å². The van der Waals surface area contributed by atoms with Crippen LogP contribution in [0.4, 0.5) is 0 Å². The third kappa shape index (κ3) is 1.63. The number of fused-ring (bicyclic) bond motifs is 1. The van der Waals surface area contributed by atoms with Crippen molar-refractivity contribution in [1.29, 1.82) is 0 Å². The van der Waals surface area contributed by atoms with Crippen molar-refractivity contribution in [3.63, 3.8) is 0 Å². The summed E-state index contributed by atoms with van der Waals surface area (Å²) in [5, 5.41) is 1.13. The molecule has 3 heteroatoms. The molecule has 1 aromatic heterocycles. The number of methoxy groups -OCH3 is 1. The first kappa shape index (κ1) is 8.80. The summed E-state index contributed by atoms with van der Waals surface area (Å²) in [5.74, 6) is 0.822. The molecule has 1 heterocycles. The van der Waals surface area contributed by atoms with Crippen LogP contribution in [0.5, 0.6) is 5.75 Å². The molecule has 0 N–H and O–H groups in total. The van der Waals surface area contributed by atoms with Crippen LogP contribution in [0.1, 0.15) is 0 Å². The fourth-order valence-electron chi connectivity index (χ4n) is 1.19. The van der Waals surface area contributed by atoms with E-state index in [2.05, 4.69) is 0 Å². The minimum atomic E-state index is 0.822. The Morgan fingerprint density at radius 1 is 1.31 bits per heavy atom. The minimum absolute atomic E-state index is 0.822. The van der Waals surface area contributed by atoms with Crippen LogP contribution in [0.3, 0.4) is 0 Å². The average molecular weight is 288 g/mol. The summed E-state index contributed by atoms with van der Waals surface area (Å²) in [7, 11) is 1.65. The zero-order valence-corrected chi connectivity index (χ0v) is 9.44. The van der Waals surface area contributed by atoms with Gasteiger partial charge in [-0.25, -0.2) is 0 Å². The number of rotatable bonds is 1. The third-order valence-electron chi connectivity index (χ3n) is 1.87. The molecule has 0 saturated carbocycles. The van der Waals surface area contributed by atoms with Crippen molar-refractivity contribution < 1.29 is 9.15 Å². The molecule has 0 aliphatic carbocycles. The Morgan fingerprint density at radius 2 is 2.15 bits per heavy atom. The Hall–Kier alpha value is -0.780. The molecule has 2 nitrogen and oxygen atoms in total. The Morgan fingerprint density at radius 3 is 2.92 bits per heavy atom. The van der Waals surface area contributed by atoms with Crippen LogP contribution < -0.4 is 4.74 Å². The Labute approximate surface area is 88.5 Å².